The van der Waals surface area contributed by atoms with E-state index < -0.39 is 0 Å². The summed E-state index contributed by atoms with van der Waals surface area (Å²) < 4.78 is 0. The van der Waals surface area contributed by atoms with E-state index in [-0.39, 0.29) is 0 Å². The van der Waals surface area contributed by atoms with E-state index in [1.54, 1.807) is 0 Å². The molecule has 0 rings (SSSR count). The van der Waals surface area contributed by atoms with Gasteiger partial charge >= 0.3 is 0 Å². The van der Waals surface area contributed by atoms with E-state index in [1.807, 2.05) is 0 Å². The van der Waals surface area contributed by atoms with Crippen molar-refractivity contribution in [2.45, 2.75) is 200 Å². The van der Waals surface area contributed by atoms with Gasteiger partial charge < -0.3 is 4.79 Å². The number of carbonyl (C=O) groups is 1. The molecule has 0 fully saturated rings. The average molecular weight is 479 g/mol. The highest BCUT2D eigenvalue weighted by Crippen LogP contribution is 2.19. The number of aldehydes is 1. The molecule has 0 aromatic heterocycles. The predicted molar refractivity (Wildman–Crippen MR) is 155 cm³/mol. The molecule has 0 bridgehead atoms. The molecule has 204 valence electrons. The van der Waals surface area contributed by atoms with Crippen molar-refractivity contribution in [1.29, 1.82) is 0 Å². The van der Waals surface area contributed by atoms with Crippen molar-refractivity contribution in [2.75, 3.05) is 0 Å². The summed E-state index contributed by atoms with van der Waals surface area (Å²) in [6, 6.07) is 0. The minimum Gasteiger partial charge on any atom is -0.303 e. The van der Waals surface area contributed by atoms with Gasteiger partial charge in [-0.2, -0.15) is 0 Å². The van der Waals surface area contributed by atoms with Crippen LogP contribution < -0.4 is 0 Å². The fourth-order valence-corrected chi connectivity index (χ4v) is 5.32. The zero-order chi connectivity index (χ0) is 24.8. The molecule has 1 nitrogen and oxygen atoms in total. The van der Waals surface area contributed by atoms with Gasteiger partial charge in [-0.3, -0.25) is 0 Å². The normalized spacial score (nSPS) is 12.3. The Morgan fingerprint density at radius 2 is 0.676 bits per heavy atom. The average Bonchev–Trinajstić information content (AvgIpc) is 2.84. The van der Waals surface area contributed by atoms with Crippen LogP contribution in [0, 0.1) is 5.92 Å². The summed E-state index contributed by atoms with van der Waals surface area (Å²) >= 11 is 0. The summed E-state index contributed by atoms with van der Waals surface area (Å²) in [7, 11) is 0. The molecule has 0 aliphatic heterocycles. The van der Waals surface area contributed by atoms with E-state index in [9.17, 15) is 4.79 Å². The van der Waals surface area contributed by atoms with Crippen molar-refractivity contribution in [2.24, 2.45) is 5.92 Å². The Morgan fingerprint density at radius 1 is 0.412 bits per heavy atom. The van der Waals surface area contributed by atoms with Crippen LogP contribution in [0.5, 0.6) is 0 Å². The third-order valence-electron chi connectivity index (χ3n) is 7.82. The smallest absolute Gasteiger partial charge is 0.119 e. The largest absolute Gasteiger partial charge is 0.303 e. The van der Waals surface area contributed by atoms with Gasteiger partial charge in [-0.05, 0) is 12.3 Å². The maximum absolute atomic E-state index is 10.3. The molecular formula is C33H66O. The second-order valence-electron chi connectivity index (χ2n) is 11.5. The maximum atomic E-state index is 10.3. The molecular weight excluding hydrogens is 412 g/mol. The van der Waals surface area contributed by atoms with Crippen LogP contribution in [0.25, 0.3) is 0 Å². The monoisotopic (exact) mass is 479 g/mol. The molecule has 1 heteroatoms. The van der Waals surface area contributed by atoms with E-state index >= 15 is 0 Å². The molecule has 34 heavy (non-hydrogen) atoms. The Bertz CT molecular complexity index is 364. The molecule has 0 saturated carbocycles. The number of hydrogen-bond donors (Lipinski definition) is 0. The van der Waals surface area contributed by atoms with Gasteiger partial charge in [0.05, 0.1) is 0 Å². The topological polar surface area (TPSA) is 17.1 Å². The first-order chi connectivity index (χ1) is 16.8. The predicted octanol–water partition coefficient (Wildman–Crippen LogP) is 12.2. The fraction of sp³-hybridized carbons (Fsp3) is 0.970. The molecule has 0 N–H and O–H groups in total. The van der Waals surface area contributed by atoms with Gasteiger partial charge in [-0.25, -0.2) is 0 Å². The van der Waals surface area contributed by atoms with E-state index in [1.165, 1.54) is 173 Å². The number of carbonyl (C=O) groups excluding carboxylic acids is 1. The Hall–Kier alpha value is -0.330. The molecule has 0 aliphatic carbocycles. The van der Waals surface area contributed by atoms with Crippen LogP contribution in [0.15, 0.2) is 0 Å². The maximum Gasteiger partial charge on any atom is 0.119 e. The Balaban J connectivity index is 3.12. The van der Waals surface area contributed by atoms with Gasteiger partial charge in [-0.1, -0.05) is 187 Å². The quantitative estimate of drug-likeness (QED) is 0.0740. The van der Waals surface area contributed by atoms with Gasteiger partial charge in [0.25, 0.3) is 0 Å². The van der Waals surface area contributed by atoms with Crippen molar-refractivity contribution in [3.63, 3.8) is 0 Å². The lowest BCUT2D eigenvalue weighted by molar-refractivity contribution is -0.107. The first-order valence-electron chi connectivity index (χ1n) is 16.2. The zero-order valence-electron chi connectivity index (χ0n) is 24.1. The molecule has 1 unspecified atom stereocenters. The summed E-state index contributed by atoms with van der Waals surface area (Å²) in [5, 5.41) is 0. The number of hydrogen-bond acceptors (Lipinski definition) is 1. The van der Waals surface area contributed by atoms with Crippen molar-refractivity contribution in [3.05, 3.63) is 0 Å². The van der Waals surface area contributed by atoms with Gasteiger partial charge in [0.15, 0.2) is 0 Å². The lowest BCUT2D eigenvalue weighted by atomic mass is 9.95. The van der Waals surface area contributed by atoms with Crippen molar-refractivity contribution < 1.29 is 4.79 Å². The van der Waals surface area contributed by atoms with Crippen LogP contribution >= 0.6 is 0 Å². The molecule has 1 atom stereocenters. The van der Waals surface area contributed by atoms with Gasteiger partial charge in [-0.15, -0.1) is 0 Å². The van der Waals surface area contributed by atoms with Crippen molar-refractivity contribution in [3.8, 4) is 0 Å². The summed E-state index contributed by atoms with van der Waals surface area (Å²) in [6.45, 7) is 4.78. The highest BCUT2D eigenvalue weighted by atomic mass is 16.1. The number of unbranched alkanes of at least 4 members (excludes halogenated alkanes) is 25. The van der Waals surface area contributed by atoms with Crippen LogP contribution in [0.3, 0.4) is 0 Å². The van der Waals surface area contributed by atoms with Gasteiger partial charge in [0, 0.05) is 6.42 Å². The number of rotatable bonds is 30. The summed E-state index contributed by atoms with van der Waals surface area (Å²) in [4.78, 5) is 10.3. The molecule has 0 aromatic carbocycles. The third-order valence-corrected chi connectivity index (χ3v) is 7.82. The zero-order valence-corrected chi connectivity index (χ0v) is 24.1. The van der Waals surface area contributed by atoms with Gasteiger partial charge in [0.1, 0.15) is 6.29 Å². The Morgan fingerprint density at radius 3 is 0.971 bits per heavy atom. The summed E-state index contributed by atoms with van der Waals surface area (Å²) in [6.07, 6.45) is 41.8. The second-order valence-corrected chi connectivity index (χ2v) is 11.5. The van der Waals surface area contributed by atoms with Crippen molar-refractivity contribution >= 4 is 6.29 Å². The van der Waals surface area contributed by atoms with Crippen LogP contribution in [0.1, 0.15) is 200 Å². The lowest BCUT2D eigenvalue weighted by Crippen LogP contribution is -1.95. The van der Waals surface area contributed by atoms with E-state index in [0.29, 0.717) is 0 Å². The molecule has 0 spiro atoms. The van der Waals surface area contributed by atoms with Gasteiger partial charge in [0.2, 0.25) is 0 Å². The molecule has 0 amide bonds. The van der Waals surface area contributed by atoms with E-state index in [4.69, 9.17) is 0 Å². The molecule has 0 radical (unpaired) electrons. The van der Waals surface area contributed by atoms with E-state index in [0.717, 1.165) is 25.0 Å². The first-order valence-corrected chi connectivity index (χ1v) is 16.2. The van der Waals surface area contributed by atoms with Crippen LogP contribution in [-0.2, 0) is 4.79 Å². The Kier molecular flexibility index (Phi) is 30.4. The van der Waals surface area contributed by atoms with Crippen LogP contribution in [0.4, 0.5) is 0 Å². The highest BCUT2D eigenvalue weighted by Gasteiger charge is 2.02. The summed E-state index contributed by atoms with van der Waals surface area (Å²) in [5.74, 6) is 0.935. The standard InChI is InChI=1S/C33H66O/c1-3-4-5-6-7-8-9-10-11-12-13-14-15-16-18-21-24-27-30-33(2)31-28-25-22-19-17-20-23-26-29-32-34/h32-33H,3-31H2,1-2H3. The first kappa shape index (κ1) is 33.7. The fourth-order valence-electron chi connectivity index (χ4n) is 5.32. The SMILES string of the molecule is CCCCCCCCCCCCCCCCCCCCC(C)CCCCCCCCCCC=O. The second kappa shape index (κ2) is 30.7. The molecule has 0 heterocycles. The minimum atomic E-state index is 0.761. The molecule has 0 saturated heterocycles. The van der Waals surface area contributed by atoms with Crippen LogP contribution in [-0.4, -0.2) is 6.29 Å². The lowest BCUT2D eigenvalue weighted by Gasteiger charge is -2.11. The third kappa shape index (κ3) is 29.7. The minimum absolute atomic E-state index is 0.761. The van der Waals surface area contributed by atoms with Crippen LogP contribution in [0.2, 0.25) is 0 Å². The summed E-state index contributed by atoms with van der Waals surface area (Å²) in [5.41, 5.74) is 0. The van der Waals surface area contributed by atoms with Crippen molar-refractivity contribution in [1.82, 2.24) is 0 Å². The molecule has 0 aromatic rings. The molecule has 0 aliphatic rings. The van der Waals surface area contributed by atoms with E-state index in [2.05, 4.69) is 13.8 Å². The Labute approximate surface area is 217 Å². The highest BCUT2D eigenvalue weighted by molar-refractivity contribution is 5.48.